The number of nitrogens with one attached hydrogen (secondary N) is 1. The molecule has 0 saturated heterocycles. The Bertz CT molecular complexity index is 499. The van der Waals surface area contributed by atoms with Gasteiger partial charge in [-0.05, 0) is 31.5 Å². The lowest BCUT2D eigenvalue weighted by molar-refractivity contribution is -0.267. The fourth-order valence-corrected chi connectivity index (χ4v) is 1.34. The van der Waals surface area contributed by atoms with Gasteiger partial charge >= 0.3 is 18.0 Å². The van der Waals surface area contributed by atoms with E-state index in [1.165, 1.54) is 23.5 Å². The van der Waals surface area contributed by atoms with E-state index < -0.39 is 18.0 Å². The second kappa shape index (κ2) is 5.64. The summed E-state index contributed by atoms with van der Waals surface area (Å²) in [7, 11) is 0. The van der Waals surface area contributed by atoms with E-state index in [-0.39, 0.29) is 18.0 Å². The fourth-order valence-electron chi connectivity index (χ4n) is 1.34. The van der Waals surface area contributed by atoms with E-state index in [0.29, 0.717) is 5.56 Å². The Morgan fingerprint density at radius 1 is 1.25 bits per heavy atom. The topological polar surface area (TPSA) is 38.3 Å². The molecule has 1 N–H and O–H groups in total. The highest BCUT2D eigenvalue weighted by molar-refractivity contribution is 5.97. The van der Waals surface area contributed by atoms with Crippen molar-refractivity contribution in [1.29, 1.82) is 0 Å². The van der Waals surface area contributed by atoms with Crippen molar-refractivity contribution in [2.45, 2.75) is 25.9 Å². The van der Waals surface area contributed by atoms with Crippen molar-refractivity contribution in [2.75, 3.05) is 11.9 Å². The predicted octanol–water partition coefficient (Wildman–Crippen LogP) is 3.53. The van der Waals surface area contributed by atoms with Crippen LogP contribution < -0.4 is 10.1 Å². The number of alkyl halides is 5. The Morgan fingerprint density at radius 3 is 2.35 bits per heavy atom. The summed E-state index contributed by atoms with van der Waals surface area (Å²) in [6, 6.07) is 4.07. The lowest BCUT2D eigenvalue weighted by Gasteiger charge is -2.19. The van der Waals surface area contributed by atoms with Gasteiger partial charge in [0.1, 0.15) is 5.75 Å². The van der Waals surface area contributed by atoms with Gasteiger partial charge in [0.15, 0.2) is 0 Å². The minimum atomic E-state index is -5.95. The number of anilines is 1. The molecule has 0 radical (unpaired) electrons. The Balaban J connectivity index is 3.02. The van der Waals surface area contributed by atoms with E-state index in [2.05, 4.69) is 0 Å². The van der Waals surface area contributed by atoms with Gasteiger partial charge in [0.25, 0.3) is 0 Å². The van der Waals surface area contributed by atoms with Crippen molar-refractivity contribution in [3.63, 3.8) is 0 Å². The van der Waals surface area contributed by atoms with Crippen molar-refractivity contribution in [3.05, 3.63) is 23.8 Å². The molecule has 0 aliphatic heterocycles. The summed E-state index contributed by atoms with van der Waals surface area (Å²) in [6.45, 7) is 3.46. The molecule has 0 aliphatic carbocycles. The van der Waals surface area contributed by atoms with E-state index in [0.717, 1.165) is 0 Å². The zero-order valence-corrected chi connectivity index (χ0v) is 10.6. The number of carbonyl (C=O) groups is 1. The molecule has 0 heterocycles. The predicted molar refractivity (Wildman–Crippen MR) is 62.0 cm³/mol. The lowest BCUT2D eigenvalue weighted by Crippen LogP contribution is -2.47. The number of hydrogen-bond acceptors (Lipinski definition) is 2. The molecule has 1 amide bonds. The molecule has 3 nitrogen and oxygen atoms in total. The highest BCUT2D eigenvalue weighted by Gasteiger charge is 2.63. The Morgan fingerprint density at radius 2 is 1.85 bits per heavy atom. The number of aryl methyl sites for hydroxylation is 1. The number of halogens is 5. The summed E-state index contributed by atoms with van der Waals surface area (Å²) in [5.74, 6) is -7.89. The third-order valence-corrected chi connectivity index (χ3v) is 2.33. The largest absolute Gasteiger partial charge is 0.492 e. The standard InChI is InChI=1S/C12H12F5NO2/c1-3-20-9-6-7(2)4-5-8(9)18-10(19)11(13,14)12(15,16)17/h4-6H,3H2,1-2H3,(H,18,19). The van der Waals surface area contributed by atoms with Crippen molar-refractivity contribution in [1.82, 2.24) is 0 Å². The van der Waals surface area contributed by atoms with Crippen LogP contribution in [0.1, 0.15) is 12.5 Å². The molecule has 8 heteroatoms. The molecule has 0 aliphatic rings. The number of rotatable bonds is 4. The van der Waals surface area contributed by atoms with Gasteiger partial charge in [-0.1, -0.05) is 6.07 Å². The summed E-state index contributed by atoms with van der Waals surface area (Å²) in [5.41, 5.74) is 0.459. The number of carbonyl (C=O) groups excluding carboxylic acids is 1. The van der Waals surface area contributed by atoms with E-state index >= 15 is 0 Å². The highest BCUT2D eigenvalue weighted by Crippen LogP contribution is 2.37. The first-order valence-electron chi connectivity index (χ1n) is 5.59. The van der Waals surface area contributed by atoms with Crippen LogP contribution in [0.15, 0.2) is 18.2 Å². The molecule has 0 saturated carbocycles. The summed E-state index contributed by atoms with van der Waals surface area (Å²) >= 11 is 0. The van der Waals surface area contributed by atoms with Crippen LogP contribution in [0.5, 0.6) is 5.75 Å². The smallest absolute Gasteiger partial charge is 0.463 e. The molecule has 0 unspecified atom stereocenters. The number of benzene rings is 1. The van der Waals surface area contributed by atoms with Gasteiger partial charge in [0.2, 0.25) is 0 Å². The maximum Gasteiger partial charge on any atom is 0.463 e. The molecule has 0 spiro atoms. The van der Waals surface area contributed by atoms with Crippen molar-refractivity contribution >= 4 is 11.6 Å². The Labute approximate surface area is 111 Å². The first-order chi connectivity index (χ1) is 9.09. The maximum absolute atomic E-state index is 12.8. The summed E-state index contributed by atoms with van der Waals surface area (Å²) < 4.78 is 66.9. The van der Waals surface area contributed by atoms with Gasteiger partial charge in [0, 0.05) is 0 Å². The lowest BCUT2D eigenvalue weighted by atomic mass is 10.2. The van der Waals surface area contributed by atoms with Gasteiger partial charge in [-0.2, -0.15) is 22.0 Å². The van der Waals surface area contributed by atoms with Gasteiger partial charge in [-0.3, -0.25) is 4.79 Å². The molecule has 1 aromatic rings. The van der Waals surface area contributed by atoms with Crippen LogP contribution in [0, 0.1) is 6.92 Å². The van der Waals surface area contributed by atoms with Crippen LogP contribution in [0.3, 0.4) is 0 Å². The van der Waals surface area contributed by atoms with Crippen molar-refractivity contribution in [2.24, 2.45) is 0 Å². The Kier molecular flexibility index (Phi) is 4.57. The molecular formula is C12H12F5NO2. The zero-order chi connectivity index (χ0) is 15.6. The molecule has 0 bridgehead atoms. The van der Waals surface area contributed by atoms with Crippen LogP contribution in [0.2, 0.25) is 0 Å². The monoisotopic (exact) mass is 297 g/mol. The van der Waals surface area contributed by atoms with E-state index in [1.54, 1.807) is 13.8 Å². The number of hydrogen-bond donors (Lipinski definition) is 1. The van der Waals surface area contributed by atoms with Crippen molar-refractivity contribution < 1.29 is 31.5 Å². The summed E-state index contributed by atoms with van der Waals surface area (Å²) in [5, 5.41) is 1.54. The fraction of sp³-hybridized carbons (Fsp3) is 0.417. The SMILES string of the molecule is CCOc1cc(C)ccc1NC(=O)C(F)(F)C(F)(F)F. The van der Waals surface area contributed by atoms with Crippen LogP contribution >= 0.6 is 0 Å². The van der Waals surface area contributed by atoms with E-state index in [9.17, 15) is 26.7 Å². The van der Waals surface area contributed by atoms with Crippen LogP contribution in [0.25, 0.3) is 0 Å². The first kappa shape index (κ1) is 16.2. The molecule has 0 aromatic heterocycles. The van der Waals surface area contributed by atoms with Gasteiger partial charge in [0.05, 0.1) is 12.3 Å². The quantitative estimate of drug-likeness (QED) is 0.863. The highest BCUT2D eigenvalue weighted by atomic mass is 19.4. The maximum atomic E-state index is 12.8. The summed E-state index contributed by atoms with van der Waals surface area (Å²) in [6.07, 6.45) is -5.95. The average molecular weight is 297 g/mol. The molecule has 0 atom stereocenters. The first-order valence-corrected chi connectivity index (χ1v) is 5.59. The van der Waals surface area contributed by atoms with Crippen LogP contribution in [0.4, 0.5) is 27.6 Å². The second-order valence-corrected chi connectivity index (χ2v) is 3.96. The molecule has 1 rings (SSSR count). The van der Waals surface area contributed by atoms with E-state index in [4.69, 9.17) is 4.74 Å². The van der Waals surface area contributed by atoms with E-state index in [1.807, 2.05) is 0 Å². The van der Waals surface area contributed by atoms with Gasteiger partial charge in [-0.15, -0.1) is 0 Å². The minimum Gasteiger partial charge on any atom is -0.492 e. The normalized spacial score (nSPS) is 12.2. The molecular weight excluding hydrogens is 285 g/mol. The third-order valence-electron chi connectivity index (χ3n) is 2.33. The molecule has 0 fully saturated rings. The molecule has 1 aromatic carbocycles. The van der Waals surface area contributed by atoms with Crippen molar-refractivity contribution in [3.8, 4) is 5.75 Å². The molecule has 20 heavy (non-hydrogen) atoms. The van der Waals surface area contributed by atoms with Gasteiger partial charge in [-0.25, -0.2) is 0 Å². The zero-order valence-electron chi connectivity index (χ0n) is 10.6. The van der Waals surface area contributed by atoms with Crippen LogP contribution in [-0.4, -0.2) is 24.6 Å². The summed E-state index contributed by atoms with van der Waals surface area (Å²) in [4.78, 5) is 11.1. The third kappa shape index (κ3) is 3.37. The Hall–Kier alpha value is -1.86. The molecule has 112 valence electrons. The second-order valence-electron chi connectivity index (χ2n) is 3.96. The average Bonchev–Trinajstić information content (AvgIpc) is 2.31. The van der Waals surface area contributed by atoms with Gasteiger partial charge < -0.3 is 10.1 Å². The minimum absolute atomic E-state index is 0.0267. The van der Waals surface area contributed by atoms with Crippen LogP contribution in [-0.2, 0) is 4.79 Å². The number of ether oxygens (including phenoxy) is 1. The number of amides is 1.